The molecule has 0 bridgehead atoms. The fourth-order valence-corrected chi connectivity index (χ4v) is 8.18. The molecule has 1 saturated carbocycles. The van der Waals surface area contributed by atoms with Gasteiger partial charge in [0.25, 0.3) is 0 Å². The molecule has 1 fully saturated rings. The van der Waals surface area contributed by atoms with E-state index in [9.17, 15) is 8.42 Å². The molecule has 2 aromatic carbocycles. The van der Waals surface area contributed by atoms with Crippen LogP contribution < -0.4 is 4.72 Å². The molecule has 3 nitrogen and oxygen atoms in total. The SMILES string of the molecule is Cc1cccc(C2CC2C(C)NS(=O)(=O)c2c(Br)cc(Br)cc2Br)c1. The Morgan fingerprint density at radius 2 is 1.76 bits per heavy atom. The van der Waals surface area contributed by atoms with Crippen LogP contribution in [0.1, 0.15) is 30.4 Å². The lowest BCUT2D eigenvalue weighted by atomic mass is 10.0. The van der Waals surface area contributed by atoms with Crippen molar-refractivity contribution in [2.24, 2.45) is 5.92 Å². The molecule has 0 aliphatic heterocycles. The van der Waals surface area contributed by atoms with E-state index in [1.165, 1.54) is 11.1 Å². The summed E-state index contributed by atoms with van der Waals surface area (Å²) in [5.74, 6) is 0.749. The summed E-state index contributed by atoms with van der Waals surface area (Å²) in [7, 11) is -3.62. The van der Waals surface area contributed by atoms with Crippen LogP contribution >= 0.6 is 47.8 Å². The van der Waals surface area contributed by atoms with E-state index in [2.05, 4.69) is 83.7 Å². The zero-order chi connectivity index (χ0) is 18.4. The number of benzene rings is 2. The van der Waals surface area contributed by atoms with Crippen molar-refractivity contribution < 1.29 is 8.42 Å². The van der Waals surface area contributed by atoms with E-state index in [4.69, 9.17) is 0 Å². The molecule has 3 rings (SSSR count). The number of hydrogen-bond acceptors (Lipinski definition) is 2. The number of halogens is 3. The van der Waals surface area contributed by atoms with Gasteiger partial charge in [0.05, 0.1) is 0 Å². The van der Waals surface area contributed by atoms with E-state index in [1.54, 1.807) is 12.1 Å². The fraction of sp³-hybridized carbons (Fsp3) is 0.333. The Balaban J connectivity index is 1.76. The average molecular weight is 552 g/mol. The molecule has 3 unspecified atom stereocenters. The van der Waals surface area contributed by atoms with Gasteiger partial charge >= 0.3 is 0 Å². The van der Waals surface area contributed by atoms with Gasteiger partial charge in [0.2, 0.25) is 10.0 Å². The molecule has 1 aliphatic carbocycles. The Hall–Kier alpha value is -0.210. The minimum absolute atomic E-state index is 0.127. The maximum absolute atomic E-state index is 12.8. The number of hydrogen-bond donors (Lipinski definition) is 1. The smallest absolute Gasteiger partial charge is 0.208 e. The molecule has 0 aromatic heterocycles. The number of rotatable bonds is 5. The van der Waals surface area contributed by atoms with Gasteiger partial charge in [-0.2, -0.15) is 0 Å². The summed E-state index contributed by atoms with van der Waals surface area (Å²) in [6, 6.07) is 11.8. The maximum Gasteiger partial charge on any atom is 0.243 e. The largest absolute Gasteiger partial charge is 0.243 e. The second-order valence-electron chi connectivity index (χ2n) is 6.53. The topological polar surface area (TPSA) is 46.2 Å². The minimum Gasteiger partial charge on any atom is -0.208 e. The first kappa shape index (κ1) is 19.5. The quantitative estimate of drug-likeness (QED) is 0.514. The molecule has 2 aromatic rings. The molecule has 0 spiro atoms. The molecule has 3 atom stereocenters. The predicted octanol–water partition coefficient (Wildman–Crippen LogP) is 5.75. The van der Waals surface area contributed by atoms with Gasteiger partial charge in [-0.05, 0) is 81.7 Å². The van der Waals surface area contributed by atoms with E-state index in [0.29, 0.717) is 20.8 Å². The van der Waals surface area contributed by atoms with Crippen LogP contribution in [0.15, 0.2) is 54.7 Å². The van der Waals surface area contributed by atoms with E-state index in [1.807, 2.05) is 6.92 Å². The first-order valence-electron chi connectivity index (χ1n) is 7.92. The molecule has 0 amide bonds. The lowest BCUT2D eigenvalue weighted by Crippen LogP contribution is -2.34. The maximum atomic E-state index is 12.8. The Labute approximate surface area is 174 Å². The van der Waals surface area contributed by atoms with Crippen LogP contribution in [0, 0.1) is 12.8 Å². The van der Waals surface area contributed by atoms with Crippen molar-refractivity contribution in [2.45, 2.75) is 37.1 Å². The summed E-state index contributed by atoms with van der Waals surface area (Å²) in [4.78, 5) is 0.232. The number of nitrogens with one attached hydrogen (secondary N) is 1. The van der Waals surface area contributed by atoms with Gasteiger partial charge in [0, 0.05) is 19.5 Å². The van der Waals surface area contributed by atoms with Crippen LogP contribution in [0.4, 0.5) is 0 Å². The summed E-state index contributed by atoms with van der Waals surface area (Å²) in [6.07, 6.45) is 1.01. The summed E-state index contributed by atoms with van der Waals surface area (Å²) in [5, 5.41) is 0. The van der Waals surface area contributed by atoms with E-state index >= 15 is 0 Å². The Morgan fingerprint density at radius 1 is 1.12 bits per heavy atom. The van der Waals surface area contributed by atoms with Crippen molar-refractivity contribution in [2.75, 3.05) is 0 Å². The van der Waals surface area contributed by atoms with Crippen LogP contribution in [0.2, 0.25) is 0 Å². The highest BCUT2D eigenvalue weighted by molar-refractivity contribution is 9.11. The van der Waals surface area contributed by atoms with Crippen LogP contribution in [-0.4, -0.2) is 14.5 Å². The van der Waals surface area contributed by atoms with Gasteiger partial charge in [-0.1, -0.05) is 45.8 Å². The molecule has 25 heavy (non-hydrogen) atoms. The fourth-order valence-electron chi connectivity index (χ4n) is 3.23. The van der Waals surface area contributed by atoms with Crippen LogP contribution in [0.5, 0.6) is 0 Å². The summed E-state index contributed by atoms with van der Waals surface area (Å²) >= 11 is 10.1. The van der Waals surface area contributed by atoms with Crippen molar-refractivity contribution in [3.8, 4) is 0 Å². The molecule has 1 aliphatic rings. The zero-order valence-electron chi connectivity index (χ0n) is 13.8. The van der Waals surface area contributed by atoms with Gasteiger partial charge < -0.3 is 0 Å². The molecule has 134 valence electrons. The van der Waals surface area contributed by atoms with E-state index in [-0.39, 0.29) is 10.9 Å². The van der Waals surface area contributed by atoms with Gasteiger partial charge in [-0.3, -0.25) is 0 Å². The summed E-state index contributed by atoms with van der Waals surface area (Å²) < 4.78 is 30.4. The van der Waals surface area contributed by atoms with Crippen molar-refractivity contribution in [1.82, 2.24) is 4.72 Å². The van der Waals surface area contributed by atoms with Crippen LogP contribution in [-0.2, 0) is 10.0 Å². The molecule has 1 N–H and O–H groups in total. The molecular formula is C18H18Br3NO2S. The Kier molecular flexibility index (Phi) is 5.81. The second kappa shape index (κ2) is 7.43. The summed E-state index contributed by atoms with van der Waals surface area (Å²) in [6.45, 7) is 4.02. The van der Waals surface area contributed by atoms with Crippen LogP contribution in [0.25, 0.3) is 0 Å². The third-order valence-electron chi connectivity index (χ3n) is 4.53. The third-order valence-corrected chi connectivity index (χ3v) is 8.42. The molecule has 7 heteroatoms. The van der Waals surface area contributed by atoms with Gasteiger partial charge in [0.15, 0.2) is 0 Å². The first-order chi connectivity index (χ1) is 11.7. The lowest BCUT2D eigenvalue weighted by Gasteiger charge is -2.16. The Morgan fingerprint density at radius 3 is 2.36 bits per heavy atom. The number of sulfonamides is 1. The van der Waals surface area contributed by atoms with E-state index in [0.717, 1.165) is 10.9 Å². The minimum atomic E-state index is -3.62. The molecule has 0 saturated heterocycles. The third kappa shape index (κ3) is 4.38. The monoisotopic (exact) mass is 549 g/mol. The highest BCUT2D eigenvalue weighted by Crippen LogP contribution is 2.50. The number of aryl methyl sites for hydroxylation is 1. The second-order valence-corrected chi connectivity index (χ2v) is 10.8. The van der Waals surface area contributed by atoms with Gasteiger partial charge in [-0.25, -0.2) is 13.1 Å². The highest BCUT2D eigenvalue weighted by Gasteiger charge is 2.43. The van der Waals surface area contributed by atoms with Crippen molar-refractivity contribution in [1.29, 1.82) is 0 Å². The van der Waals surface area contributed by atoms with E-state index < -0.39 is 10.0 Å². The van der Waals surface area contributed by atoms with Gasteiger partial charge in [-0.15, -0.1) is 0 Å². The predicted molar refractivity (Wildman–Crippen MR) is 111 cm³/mol. The average Bonchev–Trinajstić information content (AvgIpc) is 3.25. The van der Waals surface area contributed by atoms with Crippen molar-refractivity contribution in [3.63, 3.8) is 0 Å². The molecule has 0 radical (unpaired) electrons. The Bertz CT molecular complexity index is 891. The zero-order valence-corrected chi connectivity index (χ0v) is 19.3. The van der Waals surface area contributed by atoms with Gasteiger partial charge in [0.1, 0.15) is 4.90 Å². The molecular weight excluding hydrogens is 534 g/mol. The highest BCUT2D eigenvalue weighted by atomic mass is 79.9. The first-order valence-corrected chi connectivity index (χ1v) is 11.8. The summed E-state index contributed by atoms with van der Waals surface area (Å²) in [5.41, 5.74) is 2.53. The normalized spacial score (nSPS) is 21.2. The molecule has 0 heterocycles. The lowest BCUT2D eigenvalue weighted by molar-refractivity contribution is 0.531. The van der Waals surface area contributed by atoms with Crippen molar-refractivity contribution >= 4 is 57.8 Å². The van der Waals surface area contributed by atoms with Crippen molar-refractivity contribution in [3.05, 3.63) is 60.9 Å². The standard InChI is InChI=1S/C18H18Br3NO2S/c1-10-4-3-5-12(6-10)15-9-14(15)11(2)22-25(23,24)18-16(20)7-13(19)8-17(18)21/h3-8,11,14-15,22H,9H2,1-2H3. The van der Waals surface area contributed by atoms with Crippen LogP contribution in [0.3, 0.4) is 0 Å².